The quantitative estimate of drug-likeness (QED) is 0.681. The van der Waals surface area contributed by atoms with Crippen molar-refractivity contribution in [1.29, 1.82) is 0 Å². The first-order valence-electron chi connectivity index (χ1n) is 8.45. The molecule has 0 aromatic rings. The Kier molecular flexibility index (Phi) is 7.28. The van der Waals surface area contributed by atoms with Crippen molar-refractivity contribution in [2.45, 2.75) is 78.7 Å². The van der Waals surface area contributed by atoms with Gasteiger partial charge in [0.05, 0.1) is 5.60 Å². The number of aliphatic hydroxyl groups is 1. The van der Waals surface area contributed by atoms with Crippen LogP contribution in [0.1, 0.15) is 73.1 Å². The summed E-state index contributed by atoms with van der Waals surface area (Å²) in [5, 5.41) is 10.3. The Morgan fingerprint density at radius 3 is 2.45 bits per heavy atom. The zero-order chi connectivity index (χ0) is 16.8. The lowest BCUT2D eigenvalue weighted by atomic mass is 9.88. The van der Waals surface area contributed by atoms with Crippen molar-refractivity contribution in [3.05, 3.63) is 34.9 Å². The van der Waals surface area contributed by atoms with Gasteiger partial charge in [0.15, 0.2) is 0 Å². The predicted octanol–water partition coefficient (Wildman–Crippen LogP) is 5.14. The van der Waals surface area contributed by atoms with Crippen LogP contribution in [0, 0.1) is 5.92 Å². The Morgan fingerprint density at radius 1 is 1.14 bits per heavy atom. The number of carbonyl (C=O) groups is 1. The van der Waals surface area contributed by atoms with E-state index in [1.807, 2.05) is 13.8 Å². The summed E-state index contributed by atoms with van der Waals surface area (Å²) >= 11 is 0. The maximum absolute atomic E-state index is 12.1. The minimum atomic E-state index is -0.798. The van der Waals surface area contributed by atoms with Crippen LogP contribution in [0.3, 0.4) is 0 Å². The first kappa shape index (κ1) is 18.9. The third-order valence-corrected chi connectivity index (χ3v) is 4.34. The van der Waals surface area contributed by atoms with E-state index in [2.05, 4.69) is 39.0 Å². The largest absolute Gasteiger partial charge is 0.386 e. The normalized spacial score (nSPS) is 30.4. The second kappa shape index (κ2) is 8.47. The van der Waals surface area contributed by atoms with Crippen molar-refractivity contribution in [3.63, 3.8) is 0 Å². The molecule has 1 aliphatic carbocycles. The fourth-order valence-corrected chi connectivity index (χ4v) is 2.81. The highest BCUT2D eigenvalue weighted by Crippen LogP contribution is 2.25. The van der Waals surface area contributed by atoms with Crippen molar-refractivity contribution >= 4 is 5.78 Å². The lowest BCUT2D eigenvalue weighted by Crippen LogP contribution is -2.22. The van der Waals surface area contributed by atoms with Crippen LogP contribution < -0.4 is 0 Å². The van der Waals surface area contributed by atoms with Crippen molar-refractivity contribution in [1.82, 2.24) is 0 Å². The number of allylic oxidation sites excluding steroid dienone is 5. The number of carbonyl (C=O) groups excluding carboxylic acids is 1. The molecule has 0 aromatic heterocycles. The molecule has 0 amide bonds. The Balaban J connectivity index is 2.97. The van der Waals surface area contributed by atoms with Crippen LogP contribution in [-0.2, 0) is 4.79 Å². The van der Waals surface area contributed by atoms with Crippen LogP contribution in [0.2, 0.25) is 0 Å². The standard InChI is InChI=1S/C20H32O2/c1-15-7-6-8-16(2)13-19(21)14-17(3)10-12-18(11-9-15)20(4,5)22/h8-9,11,17,22H,6-7,10,12-14H2,1-5H3/b15-9-,16-8-,18-11+/t17-/m0/s1. The third-order valence-electron chi connectivity index (χ3n) is 4.34. The molecule has 0 saturated carbocycles. The predicted molar refractivity (Wildman–Crippen MR) is 93.8 cm³/mol. The lowest BCUT2D eigenvalue weighted by molar-refractivity contribution is -0.119. The van der Waals surface area contributed by atoms with Crippen LogP contribution in [0.15, 0.2) is 34.9 Å². The molecule has 1 rings (SSSR count). The van der Waals surface area contributed by atoms with E-state index in [1.54, 1.807) is 0 Å². The highest BCUT2D eigenvalue weighted by atomic mass is 16.3. The van der Waals surface area contributed by atoms with Crippen LogP contribution in [0.25, 0.3) is 0 Å². The fraction of sp³-hybridized carbons (Fsp3) is 0.650. The lowest BCUT2D eigenvalue weighted by Gasteiger charge is -2.23. The van der Waals surface area contributed by atoms with E-state index in [0.29, 0.717) is 24.5 Å². The second-order valence-corrected chi connectivity index (χ2v) is 7.42. The summed E-state index contributed by atoms with van der Waals surface area (Å²) in [7, 11) is 0. The van der Waals surface area contributed by atoms with Crippen LogP contribution in [0.4, 0.5) is 0 Å². The zero-order valence-electron chi connectivity index (χ0n) is 14.9. The Bertz CT molecular complexity index is 472. The molecule has 0 aliphatic heterocycles. The average Bonchev–Trinajstić information content (AvgIpc) is 2.35. The first-order chi connectivity index (χ1) is 10.2. The molecular formula is C20H32O2. The number of Topliss-reactive ketones (excluding diaryl/α,β-unsaturated/α-hetero) is 1. The molecular weight excluding hydrogens is 272 g/mol. The smallest absolute Gasteiger partial charge is 0.137 e. The summed E-state index contributed by atoms with van der Waals surface area (Å²) in [6.07, 6.45) is 11.4. The van der Waals surface area contributed by atoms with Gasteiger partial charge in [0.25, 0.3) is 0 Å². The van der Waals surface area contributed by atoms with E-state index in [1.165, 1.54) is 11.1 Å². The molecule has 0 aromatic carbocycles. The van der Waals surface area contributed by atoms with Gasteiger partial charge in [0, 0.05) is 12.8 Å². The monoisotopic (exact) mass is 304 g/mol. The van der Waals surface area contributed by atoms with Gasteiger partial charge in [-0.2, -0.15) is 0 Å². The van der Waals surface area contributed by atoms with Gasteiger partial charge in [-0.3, -0.25) is 4.79 Å². The fourth-order valence-electron chi connectivity index (χ4n) is 2.81. The number of hydrogen-bond donors (Lipinski definition) is 1. The second-order valence-electron chi connectivity index (χ2n) is 7.42. The Labute approximate surface area is 136 Å². The number of hydrogen-bond acceptors (Lipinski definition) is 2. The zero-order valence-corrected chi connectivity index (χ0v) is 14.9. The highest BCUT2D eigenvalue weighted by Gasteiger charge is 2.20. The summed E-state index contributed by atoms with van der Waals surface area (Å²) in [6.45, 7) is 9.99. The maximum Gasteiger partial charge on any atom is 0.137 e. The van der Waals surface area contributed by atoms with Gasteiger partial charge < -0.3 is 5.11 Å². The molecule has 22 heavy (non-hydrogen) atoms. The van der Waals surface area contributed by atoms with E-state index >= 15 is 0 Å². The van der Waals surface area contributed by atoms with Crippen molar-refractivity contribution in [2.75, 3.05) is 0 Å². The first-order valence-corrected chi connectivity index (χ1v) is 8.45. The van der Waals surface area contributed by atoms with E-state index in [0.717, 1.165) is 31.3 Å². The summed E-state index contributed by atoms with van der Waals surface area (Å²) in [4.78, 5) is 12.1. The minimum Gasteiger partial charge on any atom is -0.386 e. The van der Waals surface area contributed by atoms with Gasteiger partial charge in [-0.15, -0.1) is 0 Å². The number of ketones is 1. The molecule has 1 aliphatic rings. The van der Waals surface area contributed by atoms with Gasteiger partial charge in [0.1, 0.15) is 5.78 Å². The van der Waals surface area contributed by atoms with E-state index < -0.39 is 5.60 Å². The van der Waals surface area contributed by atoms with Gasteiger partial charge in [-0.05, 0) is 64.9 Å². The Morgan fingerprint density at radius 2 is 1.82 bits per heavy atom. The van der Waals surface area contributed by atoms with Gasteiger partial charge in [0.2, 0.25) is 0 Å². The summed E-state index contributed by atoms with van der Waals surface area (Å²) in [5.74, 6) is 0.693. The minimum absolute atomic E-state index is 0.333. The SMILES string of the molecule is C/C1=C/C=C(/C(C)(C)O)CC[C@H](C)CC(=O)C/C(C)=C\CC1. The summed E-state index contributed by atoms with van der Waals surface area (Å²) < 4.78 is 0. The van der Waals surface area contributed by atoms with Crippen LogP contribution in [0.5, 0.6) is 0 Å². The van der Waals surface area contributed by atoms with Crippen LogP contribution in [-0.4, -0.2) is 16.5 Å². The molecule has 2 heteroatoms. The molecule has 0 bridgehead atoms. The maximum atomic E-state index is 12.1. The number of rotatable bonds is 1. The van der Waals surface area contributed by atoms with Gasteiger partial charge >= 0.3 is 0 Å². The molecule has 0 unspecified atom stereocenters. The van der Waals surface area contributed by atoms with Crippen molar-refractivity contribution < 1.29 is 9.90 Å². The third kappa shape index (κ3) is 7.22. The van der Waals surface area contributed by atoms with Crippen LogP contribution >= 0.6 is 0 Å². The molecule has 1 N–H and O–H groups in total. The molecule has 0 spiro atoms. The Hall–Kier alpha value is -1.15. The average molecular weight is 304 g/mol. The molecule has 0 saturated heterocycles. The van der Waals surface area contributed by atoms with Gasteiger partial charge in [-0.1, -0.05) is 36.3 Å². The molecule has 2 nitrogen and oxygen atoms in total. The van der Waals surface area contributed by atoms with Crippen molar-refractivity contribution in [2.24, 2.45) is 5.92 Å². The van der Waals surface area contributed by atoms with E-state index in [-0.39, 0.29) is 0 Å². The van der Waals surface area contributed by atoms with E-state index in [4.69, 9.17) is 0 Å². The molecule has 124 valence electrons. The topological polar surface area (TPSA) is 37.3 Å². The molecule has 1 atom stereocenters. The van der Waals surface area contributed by atoms with Gasteiger partial charge in [-0.25, -0.2) is 0 Å². The molecule has 0 heterocycles. The summed E-state index contributed by atoms with van der Waals surface area (Å²) in [6, 6.07) is 0. The van der Waals surface area contributed by atoms with Crippen molar-refractivity contribution in [3.8, 4) is 0 Å². The highest BCUT2D eigenvalue weighted by molar-refractivity contribution is 5.80. The molecule has 0 radical (unpaired) electrons. The summed E-state index contributed by atoms with van der Waals surface area (Å²) in [5.41, 5.74) is 2.75. The molecule has 0 fully saturated rings. The van der Waals surface area contributed by atoms with E-state index in [9.17, 15) is 9.90 Å².